The van der Waals surface area contributed by atoms with Crippen molar-refractivity contribution in [3.63, 3.8) is 0 Å². The number of hydrogen-bond donors (Lipinski definition) is 9. The molecule has 1 aliphatic carbocycles. The van der Waals surface area contributed by atoms with Gasteiger partial charge in [0, 0.05) is 101 Å². The molecule has 3 amide bonds. The molecule has 37 heteroatoms. The van der Waals surface area contributed by atoms with E-state index in [4.69, 9.17) is 38.2 Å². The van der Waals surface area contributed by atoms with Crippen LogP contribution in [0.1, 0.15) is 74.3 Å². The summed E-state index contributed by atoms with van der Waals surface area (Å²) < 4.78 is 72.8. The number of ether oxygens (including phenoxy) is 5. The summed E-state index contributed by atoms with van der Waals surface area (Å²) in [6.07, 6.45) is -4.01. The van der Waals surface area contributed by atoms with E-state index < -0.39 is 104 Å². The number of carbonyl (C=O) groups excluding carboxylic acids is 3. The molecule has 0 bridgehead atoms. The van der Waals surface area contributed by atoms with Gasteiger partial charge in [-0.15, -0.1) is 0 Å². The highest BCUT2D eigenvalue weighted by Crippen LogP contribution is 2.64. The molecule has 494 valence electrons. The molecule has 3 aliphatic rings. The second kappa shape index (κ2) is 33.7. The number of H-pyrrole nitrogens is 1. The monoisotopic (exact) mass is 1350 g/mol. The van der Waals surface area contributed by atoms with Crippen molar-refractivity contribution in [3.8, 4) is 40.0 Å². The van der Waals surface area contributed by atoms with Crippen LogP contribution in [0.25, 0.3) is 54.3 Å². The van der Waals surface area contributed by atoms with Gasteiger partial charge < -0.3 is 69.2 Å². The Morgan fingerprint density at radius 1 is 0.935 bits per heavy atom. The molecule has 1 saturated heterocycles. The van der Waals surface area contributed by atoms with Gasteiger partial charge in [-0.05, 0) is 104 Å². The standard InChI is InChI=1S/C56H64N13O21P3/c1-6-59-42-24-44-40(20-32(42)3)51(41-21-33(4)43(60-7-2)25-45(41)87-44)39-23-35(13-14-38(39)55(74)75)53(72)63-17-16-62-52(71)34-10-8-12-37(22-34)84-30-49(66-68-58)83-19-18-82-29-48(70)61-15-9-11-36-27-69(56(76)65-54(36)73)50-26-46(85-31-64-67-57)47(88-50)28-86-92(78,79)90-93(80,81)89-91(5)77/h8,10,12-14,20-25,27,46-47,49-50,59,77H,6-7,15-19,26,28-31H2,1-5H3,(H,61,70)(H,62,71)(H,63,72)(H,74,75)(H,78,79)(H,80,81)(H,65,73,76)/b60-43-/t46?,47-,49?,50-,91?/m1/s1. The van der Waals surface area contributed by atoms with Crippen molar-refractivity contribution in [3.05, 3.63) is 153 Å². The van der Waals surface area contributed by atoms with Gasteiger partial charge >= 0.3 is 27.3 Å². The number of aromatic amines is 1. The first-order chi connectivity index (χ1) is 44.4. The molecular weight excluding hydrogens is 1280 g/mol. The van der Waals surface area contributed by atoms with Crippen molar-refractivity contribution >= 4 is 64.4 Å². The number of anilines is 1. The molecule has 7 atom stereocenters. The third kappa shape index (κ3) is 20.3. The third-order valence-electron chi connectivity index (χ3n) is 13.3. The molecule has 3 aromatic carbocycles. The Kier molecular flexibility index (Phi) is 25.9. The van der Waals surface area contributed by atoms with Gasteiger partial charge in [0.05, 0.1) is 43.4 Å². The van der Waals surface area contributed by atoms with Crippen LogP contribution in [0.3, 0.4) is 0 Å². The van der Waals surface area contributed by atoms with Crippen LogP contribution in [-0.2, 0) is 46.0 Å². The first-order valence-electron chi connectivity index (χ1n) is 28.1. The number of aromatic nitrogens is 2. The molecule has 9 N–H and O–H groups in total. The lowest BCUT2D eigenvalue weighted by Gasteiger charge is -2.21. The highest BCUT2D eigenvalue weighted by atomic mass is 31.3. The van der Waals surface area contributed by atoms with Crippen LogP contribution in [0.15, 0.2) is 102 Å². The number of fused-ring (bicyclic) bond motifs is 2. The number of amides is 3. The number of hydrogen-bond acceptors (Lipinski definition) is 22. The molecule has 0 saturated carbocycles. The number of phosphoric acid groups is 2. The van der Waals surface area contributed by atoms with Crippen molar-refractivity contribution in [1.82, 2.24) is 25.5 Å². The molecule has 0 spiro atoms. The lowest BCUT2D eigenvalue weighted by atomic mass is 9.88. The van der Waals surface area contributed by atoms with Crippen LogP contribution < -0.4 is 42.6 Å². The summed E-state index contributed by atoms with van der Waals surface area (Å²) in [7, 11) is -13.1. The first-order valence-corrected chi connectivity index (χ1v) is 32.8. The van der Waals surface area contributed by atoms with Crippen LogP contribution in [0, 0.1) is 25.7 Å². The number of rotatable bonds is 32. The second-order valence-corrected chi connectivity index (χ2v) is 24.2. The van der Waals surface area contributed by atoms with E-state index in [9.17, 15) is 63.2 Å². The number of nitrogens with zero attached hydrogens (tertiary/aromatic N) is 8. The first kappa shape index (κ1) is 71.6. The highest BCUT2D eigenvalue weighted by molar-refractivity contribution is 7.66. The SMILES string of the molecule is CC/N=c1/cc2oc3cc(NCC)c(C)cc3c(-c3cc(C(=O)NCCNC(=O)c4cccc(OCC(N=[N+]=[N-])OCCOCC(=O)NCC#Cc5cn([C@H]6CC(OCN=[N+]=[N-])[C@@H](COP(=O)(O)OP(=O)(O)OP(C)O)O6)c(=O)[nH]c5=O)c4)ccc3C(=O)O)c-2cc1C. The minimum absolute atomic E-state index is 0.00147. The molecule has 1 fully saturated rings. The molecule has 34 nitrogen and oxygen atoms in total. The number of nitrogens with one attached hydrogen (secondary N) is 5. The summed E-state index contributed by atoms with van der Waals surface area (Å²) >= 11 is 0. The van der Waals surface area contributed by atoms with Gasteiger partial charge in [0.1, 0.15) is 54.9 Å². The zero-order valence-corrected chi connectivity index (χ0v) is 53.1. The van der Waals surface area contributed by atoms with Crippen molar-refractivity contribution in [2.24, 2.45) is 15.2 Å². The molecule has 1 aromatic heterocycles. The quantitative estimate of drug-likeness (QED) is 0.00430. The van der Waals surface area contributed by atoms with E-state index in [1.807, 2.05) is 52.0 Å². The maximum atomic E-state index is 13.7. The molecule has 0 radical (unpaired) electrons. The van der Waals surface area contributed by atoms with Crippen molar-refractivity contribution in [2.75, 3.05) is 84.5 Å². The Balaban J connectivity index is 0.861. The van der Waals surface area contributed by atoms with Gasteiger partial charge in [-0.3, -0.25) is 38.2 Å². The van der Waals surface area contributed by atoms with Crippen molar-refractivity contribution in [2.45, 2.75) is 58.8 Å². The Labute approximate surface area is 529 Å². The minimum atomic E-state index is -5.35. The number of benzene rings is 4. The Morgan fingerprint density at radius 3 is 2.39 bits per heavy atom. The summed E-state index contributed by atoms with van der Waals surface area (Å²) in [6.45, 7) is 7.14. The number of azide groups is 2. The Hall–Kier alpha value is -8.82. The number of carbonyl (C=O) groups is 4. The molecule has 7 rings (SSSR count). The smallest absolute Gasteiger partial charge is 0.486 e. The number of carboxylic acid groups (broad SMARTS) is 1. The minimum Gasteiger partial charge on any atom is -0.491 e. The molecule has 5 unspecified atom stereocenters. The molecule has 3 heterocycles. The Bertz CT molecular complexity index is 4180. The van der Waals surface area contributed by atoms with E-state index in [1.54, 1.807) is 12.1 Å². The Morgan fingerprint density at radius 2 is 1.69 bits per heavy atom. The number of carboxylic acids is 1. The fourth-order valence-corrected chi connectivity index (χ4v) is 12.4. The topological polar surface area (TPSA) is 483 Å². The van der Waals surface area contributed by atoms with Crippen LogP contribution in [0.2, 0.25) is 0 Å². The second-order valence-electron chi connectivity index (χ2n) is 19.9. The summed E-state index contributed by atoms with van der Waals surface area (Å²) in [6, 6.07) is 18.0. The predicted octanol–water partition coefficient (Wildman–Crippen LogP) is 6.22. The summed E-state index contributed by atoms with van der Waals surface area (Å²) in [4.78, 5) is 119. The van der Waals surface area contributed by atoms with E-state index in [1.165, 1.54) is 30.3 Å². The summed E-state index contributed by atoms with van der Waals surface area (Å²) in [5, 5.41) is 30.0. The van der Waals surface area contributed by atoms with E-state index in [2.05, 4.69) is 71.8 Å². The van der Waals surface area contributed by atoms with Crippen LogP contribution in [0.5, 0.6) is 5.75 Å². The fraction of sp³-hybridized carbons (Fsp3) is 0.375. The number of aryl methyl sites for hydroxylation is 2. The van der Waals surface area contributed by atoms with Gasteiger partial charge in [0.25, 0.3) is 17.4 Å². The van der Waals surface area contributed by atoms with Crippen LogP contribution in [0.4, 0.5) is 5.69 Å². The van der Waals surface area contributed by atoms with Crippen molar-refractivity contribution in [1.29, 1.82) is 0 Å². The average molecular weight is 1350 g/mol. The van der Waals surface area contributed by atoms with Gasteiger partial charge in [0.2, 0.25) is 5.91 Å². The van der Waals surface area contributed by atoms with E-state index in [0.717, 1.165) is 39.6 Å². The lowest BCUT2D eigenvalue weighted by Crippen LogP contribution is -2.34. The molecule has 4 aromatic rings. The zero-order chi connectivity index (χ0) is 67.4. The van der Waals surface area contributed by atoms with E-state index >= 15 is 0 Å². The maximum absolute atomic E-state index is 13.7. The summed E-state index contributed by atoms with van der Waals surface area (Å²) in [5.41, 5.74) is 20.6. The fourth-order valence-electron chi connectivity index (χ4n) is 9.27. The third-order valence-corrected chi connectivity index (χ3v) is 17.2. The van der Waals surface area contributed by atoms with Gasteiger partial charge in [0.15, 0.2) is 14.6 Å². The maximum Gasteiger partial charge on any atom is 0.486 e. The van der Waals surface area contributed by atoms with Crippen LogP contribution in [-0.4, -0.2) is 151 Å². The zero-order valence-electron chi connectivity index (χ0n) is 50.4. The van der Waals surface area contributed by atoms with Gasteiger partial charge in [-0.1, -0.05) is 28.1 Å². The van der Waals surface area contributed by atoms with E-state index in [-0.39, 0.29) is 73.9 Å². The largest absolute Gasteiger partial charge is 0.491 e. The molecule has 93 heavy (non-hydrogen) atoms. The summed E-state index contributed by atoms with van der Waals surface area (Å²) in [5.74, 6) is 2.92. The number of phosphoric ester groups is 1. The van der Waals surface area contributed by atoms with Crippen molar-refractivity contribution < 1.29 is 89.3 Å². The molecule has 2 aliphatic heterocycles. The normalized spacial score (nSPS) is 16.5. The van der Waals surface area contributed by atoms with Crippen LogP contribution >= 0.6 is 24.0 Å². The van der Waals surface area contributed by atoms with Gasteiger partial charge in [-0.25, -0.2) is 23.0 Å². The van der Waals surface area contributed by atoms with E-state index in [0.29, 0.717) is 46.5 Å². The van der Waals surface area contributed by atoms with Gasteiger partial charge in [-0.2, -0.15) is 4.31 Å². The predicted molar refractivity (Wildman–Crippen MR) is 333 cm³/mol. The average Bonchev–Trinajstić information content (AvgIpc) is 1.19. The lowest BCUT2D eigenvalue weighted by molar-refractivity contribution is -0.126. The molecular formula is C56H64N13O21P3. The highest BCUT2D eigenvalue weighted by Gasteiger charge is 2.42. The number of aromatic carboxylic acids is 1.